The molecule has 7 rings (SSSR count). The van der Waals surface area contributed by atoms with Gasteiger partial charge in [-0.1, -0.05) is 60.7 Å². The number of allylic oxidation sites excluding steroid dienone is 3. The van der Waals surface area contributed by atoms with E-state index in [2.05, 4.69) is 96.0 Å². The molecule has 1 aromatic heterocycles. The van der Waals surface area contributed by atoms with Crippen molar-refractivity contribution in [3.8, 4) is 11.1 Å². The molecule has 2 N–H and O–H groups in total. The molecule has 3 aliphatic rings. The first-order valence-electron chi connectivity index (χ1n) is 11.6. The van der Waals surface area contributed by atoms with Crippen LogP contribution in [-0.2, 0) is 6.42 Å². The van der Waals surface area contributed by atoms with Crippen LogP contribution in [-0.4, -0.2) is 6.04 Å². The zero-order valence-corrected chi connectivity index (χ0v) is 18.2. The molecule has 2 unspecified atom stereocenters. The summed E-state index contributed by atoms with van der Waals surface area (Å²) in [5.74, 6) is 1.27. The number of furan rings is 1. The Morgan fingerprint density at radius 2 is 1.79 bits per heavy atom. The van der Waals surface area contributed by atoms with Crippen LogP contribution in [0.5, 0.6) is 0 Å². The van der Waals surface area contributed by atoms with Gasteiger partial charge in [-0.05, 0) is 54.8 Å². The van der Waals surface area contributed by atoms with Crippen molar-refractivity contribution in [3.63, 3.8) is 0 Å². The molecule has 3 nitrogen and oxygen atoms in total. The van der Waals surface area contributed by atoms with Gasteiger partial charge in [0.1, 0.15) is 11.3 Å². The number of nitrogens with zero attached hydrogens (tertiary/aromatic N) is 1. The summed E-state index contributed by atoms with van der Waals surface area (Å²) in [6.07, 6.45) is 15.3. The van der Waals surface area contributed by atoms with Crippen LogP contribution in [0, 0.1) is 0 Å². The van der Waals surface area contributed by atoms with E-state index in [4.69, 9.17) is 10.2 Å². The number of nitrogen functional groups attached to an aromatic ring is 1. The van der Waals surface area contributed by atoms with Gasteiger partial charge >= 0.3 is 0 Å². The van der Waals surface area contributed by atoms with E-state index in [9.17, 15) is 0 Å². The quantitative estimate of drug-likeness (QED) is 0.339. The fourth-order valence-electron chi connectivity index (χ4n) is 5.78. The van der Waals surface area contributed by atoms with E-state index < -0.39 is 0 Å². The molecule has 3 aromatic carbocycles. The summed E-state index contributed by atoms with van der Waals surface area (Å²) >= 11 is 0. The van der Waals surface area contributed by atoms with Gasteiger partial charge in [0, 0.05) is 45.1 Å². The van der Waals surface area contributed by atoms with Gasteiger partial charge in [-0.15, -0.1) is 0 Å². The standard InChI is InChI=1S/C30H24N2O/c31-24-11-7-14-27-30(24)22-10-2-5-13-26(22)32(27)25-12-4-1-8-20(25)19-16-17-29-23(18-19)21-9-3-6-15-28(21)33-29/h1-2,4-8,10-18,22,26H,3,9,31H2. The van der Waals surface area contributed by atoms with Crippen LogP contribution in [0.3, 0.4) is 0 Å². The van der Waals surface area contributed by atoms with Crippen LogP contribution in [0.25, 0.3) is 28.2 Å². The third-order valence-electron chi connectivity index (χ3n) is 7.24. The van der Waals surface area contributed by atoms with Crippen LogP contribution in [0.1, 0.15) is 29.2 Å². The van der Waals surface area contributed by atoms with Crippen molar-refractivity contribution in [2.45, 2.75) is 24.8 Å². The van der Waals surface area contributed by atoms with Crippen molar-refractivity contribution in [3.05, 3.63) is 108 Å². The number of hydrogen-bond acceptors (Lipinski definition) is 3. The second kappa shape index (κ2) is 7.01. The summed E-state index contributed by atoms with van der Waals surface area (Å²) in [5, 5.41) is 1.23. The summed E-state index contributed by atoms with van der Waals surface area (Å²) < 4.78 is 6.11. The van der Waals surface area contributed by atoms with Gasteiger partial charge in [-0.3, -0.25) is 0 Å². The fourth-order valence-corrected chi connectivity index (χ4v) is 5.78. The molecular weight excluding hydrogens is 404 g/mol. The predicted octanol–water partition coefficient (Wildman–Crippen LogP) is 7.37. The van der Waals surface area contributed by atoms with Crippen molar-refractivity contribution in [1.82, 2.24) is 0 Å². The predicted molar refractivity (Wildman–Crippen MR) is 137 cm³/mol. The highest BCUT2D eigenvalue weighted by Gasteiger charge is 2.39. The number of rotatable bonds is 2. The molecule has 3 heteroatoms. The molecule has 0 saturated heterocycles. The number of aryl methyl sites for hydroxylation is 1. The maximum absolute atomic E-state index is 6.48. The van der Waals surface area contributed by atoms with Gasteiger partial charge in [0.05, 0.1) is 6.04 Å². The van der Waals surface area contributed by atoms with Crippen LogP contribution in [0.15, 0.2) is 95.5 Å². The number of anilines is 3. The lowest BCUT2D eigenvalue weighted by molar-refractivity contribution is 0.595. The molecule has 0 amide bonds. The van der Waals surface area contributed by atoms with Gasteiger partial charge in [0.2, 0.25) is 0 Å². The van der Waals surface area contributed by atoms with Gasteiger partial charge < -0.3 is 15.1 Å². The highest BCUT2D eigenvalue weighted by Crippen LogP contribution is 2.51. The highest BCUT2D eigenvalue weighted by atomic mass is 16.3. The summed E-state index contributed by atoms with van der Waals surface area (Å²) in [4.78, 5) is 2.46. The number of benzene rings is 3. The summed E-state index contributed by atoms with van der Waals surface area (Å²) in [5.41, 5.74) is 15.7. The number of hydrogen-bond donors (Lipinski definition) is 1. The minimum Gasteiger partial charge on any atom is -0.456 e. The molecule has 2 atom stereocenters. The van der Waals surface area contributed by atoms with E-state index in [-0.39, 0.29) is 12.0 Å². The fraction of sp³-hybridized carbons (Fsp3) is 0.133. The molecule has 4 aromatic rings. The first kappa shape index (κ1) is 18.6. The smallest absolute Gasteiger partial charge is 0.135 e. The van der Waals surface area contributed by atoms with Gasteiger partial charge in [0.15, 0.2) is 0 Å². The molecule has 0 saturated carbocycles. The third kappa shape index (κ3) is 2.69. The maximum Gasteiger partial charge on any atom is 0.135 e. The SMILES string of the molecule is Nc1cccc2c1C1C=CC=CC1N2c1ccccc1-c1ccc2oc3c(c2c1)CCC=C3. The second-order valence-electron chi connectivity index (χ2n) is 9.05. The van der Waals surface area contributed by atoms with Gasteiger partial charge in [-0.25, -0.2) is 0 Å². The van der Waals surface area contributed by atoms with Crippen LogP contribution in [0.2, 0.25) is 0 Å². The molecule has 0 fully saturated rings. The Bertz CT molecular complexity index is 1500. The van der Waals surface area contributed by atoms with Crippen molar-refractivity contribution in [2.24, 2.45) is 0 Å². The first-order chi connectivity index (χ1) is 16.3. The summed E-state index contributed by atoms with van der Waals surface area (Å²) in [6.45, 7) is 0. The first-order valence-corrected chi connectivity index (χ1v) is 11.6. The average Bonchev–Trinajstić information content (AvgIpc) is 3.40. The zero-order chi connectivity index (χ0) is 21.9. The minimum absolute atomic E-state index is 0.214. The lowest BCUT2D eigenvalue weighted by atomic mass is 9.90. The van der Waals surface area contributed by atoms with E-state index in [0.29, 0.717) is 0 Å². The highest BCUT2D eigenvalue weighted by molar-refractivity contribution is 5.93. The largest absolute Gasteiger partial charge is 0.456 e. The average molecular weight is 429 g/mol. The normalized spacial score (nSPS) is 20.2. The third-order valence-corrected chi connectivity index (χ3v) is 7.24. The zero-order valence-electron chi connectivity index (χ0n) is 18.2. The van der Waals surface area contributed by atoms with Crippen molar-refractivity contribution in [1.29, 1.82) is 0 Å². The molecular formula is C30H24N2O. The second-order valence-corrected chi connectivity index (χ2v) is 9.05. The number of nitrogens with two attached hydrogens (primary N) is 1. The topological polar surface area (TPSA) is 42.4 Å². The van der Waals surface area contributed by atoms with Crippen LogP contribution in [0.4, 0.5) is 17.1 Å². The van der Waals surface area contributed by atoms with E-state index in [1.165, 1.54) is 39.0 Å². The number of fused-ring (bicyclic) bond motifs is 6. The van der Waals surface area contributed by atoms with E-state index >= 15 is 0 Å². The van der Waals surface area contributed by atoms with Crippen molar-refractivity contribution < 1.29 is 4.42 Å². The van der Waals surface area contributed by atoms with Crippen LogP contribution >= 0.6 is 0 Å². The Labute approximate surface area is 193 Å². The minimum atomic E-state index is 0.214. The summed E-state index contributed by atoms with van der Waals surface area (Å²) in [6, 6.07) is 21.8. The molecule has 2 heterocycles. The monoisotopic (exact) mass is 428 g/mol. The van der Waals surface area contributed by atoms with E-state index in [0.717, 1.165) is 29.9 Å². The molecule has 160 valence electrons. The van der Waals surface area contributed by atoms with Crippen molar-refractivity contribution >= 4 is 34.1 Å². The number of para-hydroxylation sites is 1. The summed E-state index contributed by atoms with van der Waals surface area (Å²) in [7, 11) is 0. The Morgan fingerprint density at radius 1 is 0.909 bits per heavy atom. The Kier molecular flexibility index (Phi) is 3.95. The van der Waals surface area contributed by atoms with Crippen LogP contribution < -0.4 is 10.6 Å². The molecule has 2 aliphatic carbocycles. The van der Waals surface area contributed by atoms with Gasteiger partial charge in [0.25, 0.3) is 0 Å². The lowest BCUT2D eigenvalue weighted by Crippen LogP contribution is -2.28. The molecule has 0 radical (unpaired) electrons. The molecule has 33 heavy (non-hydrogen) atoms. The molecule has 0 spiro atoms. The van der Waals surface area contributed by atoms with E-state index in [1.54, 1.807) is 0 Å². The Balaban J connectivity index is 1.42. The Morgan fingerprint density at radius 3 is 2.76 bits per heavy atom. The molecule has 1 aliphatic heterocycles. The molecule has 0 bridgehead atoms. The lowest BCUT2D eigenvalue weighted by Gasteiger charge is -2.30. The maximum atomic E-state index is 6.48. The van der Waals surface area contributed by atoms with Gasteiger partial charge in [-0.2, -0.15) is 0 Å². The van der Waals surface area contributed by atoms with Crippen molar-refractivity contribution in [2.75, 3.05) is 10.6 Å². The van der Waals surface area contributed by atoms with E-state index in [1.807, 2.05) is 6.07 Å². The Hall–Kier alpha value is -3.98.